The van der Waals surface area contributed by atoms with Gasteiger partial charge in [0.05, 0.1) is 0 Å². The first kappa shape index (κ1) is 22.3. The number of nitrogens with zero attached hydrogens (tertiary/aromatic N) is 4. The summed E-state index contributed by atoms with van der Waals surface area (Å²) < 4.78 is 27.8. The lowest BCUT2D eigenvalue weighted by Gasteiger charge is -2.34. The minimum atomic E-state index is -3.67. The number of H-pyrrole nitrogens is 1. The lowest BCUT2D eigenvalue weighted by molar-refractivity contribution is 0.0698. The Morgan fingerprint density at radius 2 is 1.81 bits per heavy atom. The molecule has 3 heterocycles. The monoisotopic (exact) mass is 455 g/mol. The molecule has 1 saturated heterocycles. The van der Waals surface area contributed by atoms with Crippen LogP contribution in [0.1, 0.15) is 31.1 Å². The number of hydrogen-bond donors (Lipinski definition) is 1. The summed E-state index contributed by atoms with van der Waals surface area (Å²) in [6.07, 6.45) is 3.11. The van der Waals surface area contributed by atoms with E-state index in [0.29, 0.717) is 35.7 Å². The Morgan fingerprint density at radius 1 is 1.12 bits per heavy atom. The van der Waals surface area contributed by atoms with E-state index in [1.807, 2.05) is 24.3 Å². The highest BCUT2D eigenvalue weighted by atomic mass is 32.2. The van der Waals surface area contributed by atoms with Crippen LogP contribution < -0.4 is 4.90 Å². The molecule has 1 aliphatic rings. The van der Waals surface area contributed by atoms with Gasteiger partial charge in [0.1, 0.15) is 10.5 Å². The number of pyridine rings is 1. The van der Waals surface area contributed by atoms with E-state index < -0.39 is 10.0 Å². The summed E-state index contributed by atoms with van der Waals surface area (Å²) in [6.45, 7) is 8.52. The number of aromatic amines is 1. The maximum Gasteiger partial charge on any atom is 0.253 e. The molecule has 32 heavy (non-hydrogen) atoms. The van der Waals surface area contributed by atoms with E-state index in [-0.39, 0.29) is 23.9 Å². The molecule has 0 unspecified atom stereocenters. The molecule has 0 aliphatic carbocycles. The van der Waals surface area contributed by atoms with Crippen molar-refractivity contribution in [1.29, 1.82) is 0 Å². The van der Waals surface area contributed by atoms with Crippen molar-refractivity contribution in [1.82, 2.24) is 19.2 Å². The van der Waals surface area contributed by atoms with Crippen molar-refractivity contribution in [2.24, 2.45) is 0 Å². The summed E-state index contributed by atoms with van der Waals surface area (Å²) in [5.41, 5.74) is 2.25. The molecule has 1 amide bonds. The summed E-state index contributed by atoms with van der Waals surface area (Å²) in [5, 5.41) is 0.577. The minimum Gasteiger partial charge on any atom is -0.369 e. The Balaban J connectivity index is 1.44. The Bertz CT molecular complexity index is 1200. The van der Waals surface area contributed by atoms with Crippen LogP contribution in [0.15, 0.2) is 53.7 Å². The summed E-state index contributed by atoms with van der Waals surface area (Å²) in [5.74, 6) is -0.0718. The van der Waals surface area contributed by atoms with Crippen LogP contribution in [0.25, 0.3) is 11.0 Å². The van der Waals surface area contributed by atoms with Gasteiger partial charge in [-0.3, -0.25) is 4.79 Å². The number of carbonyl (C=O) groups excluding carboxylic acids is 1. The molecule has 0 atom stereocenters. The number of rotatable bonds is 6. The van der Waals surface area contributed by atoms with Crippen LogP contribution in [0.5, 0.6) is 0 Å². The first-order chi connectivity index (χ1) is 15.3. The molecule has 3 aromatic rings. The van der Waals surface area contributed by atoms with Crippen molar-refractivity contribution in [3.63, 3.8) is 0 Å². The maximum atomic E-state index is 13.2. The molecule has 2 aromatic heterocycles. The van der Waals surface area contributed by atoms with Crippen molar-refractivity contribution in [2.75, 3.05) is 37.6 Å². The average molecular weight is 456 g/mol. The fourth-order valence-electron chi connectivity index (χ4n) is 4.24. The molecule has 8 nitrogen and oxygen atoms in total. The molecule has 0 radical (unpaired) electrons. The SMILES string of the molecule is CCN(c1ccc(C(=O)N2CCN(S(=O)(=O)c3c[nH]c4ncccc34)CC2)cc1)C(C)C. The van der Waals surface area contributed by atoms with E-state index in [1.165, 1.54) is 10.5 Å². The third-order valence-corrected chi connectivity index (χ3v) is 7.91. The Hall–Kier alpha value is -2.91. The number of piperazine rings is 1. The van der Waals surface area contributed by atoms with Crippen molar-refractivity contribution >= 4 is 32.7 Å². The summed E-state index contributed by atoms with van der Waals surface area (Å²) >= 11 is 0. The second-order valence-corrected chi connectivity index (χ2v) is 10.1. The smallest absolute Gasteiger partial charge is 0.253 e. The number of sulfonamides is 1. The zero-order valence-corrected chi connectivity index (χ0v) is 19.5. The van der Waals surface area contributed by atoms with E-state index in [4.69, 9.17) is 0 Å². The third-order valence-electron chi connectivity index (χ3n) is 5.97. The number of fused-ring (bicyclic) bond motifs is 1. The summed E-state index contributed by atoms with van der Waals surface area (Å²) in [7, 11) is -3.67. The van der Waals surface area contributed by atoms with Crippen molar-refractivity contribution in [3.8, 4) is 0 Å². The molecular weight excluding hydrogens is 426 g/mol. The van der Waals surface area contributed by atoms with Gasteiger partial charge in [0.2, 0.25) is 10.0 Å². The molecule has 170 valence electrons. The number of nitrogens with one attached hydrogen (secondary N) is 1. The first-order valence-corrected chi connectivity index (χ1v) is 12.3. The number of amides is 1. The van der Waals surface area contributed by atoms with Gasteiger partial charge < -0.3 is 14.8 Å². The van der Waals surface area contributed by atoms with Crippen LogP contribution in [-0.2, 0) is 10.0 Å². The number of aromatic nitrogens is 2. The van der Waals surface area contributed by atoms with Gasteiger partial charge in [-0.05, 0) is 57.2 Å². The highest BCUT2D eigenvalue weighted by Crippen LogP contribution is 2.25. The Kier molecular flexibility index (Phi) is 6.21. The van der Waals surface area contributed by atoms with Crippen LogP contribution in [0, 0.1) is 0 Å². The standard InChI is InChI=1S/C23H29N5O3S/c1-4-28(17(2)3)19-9-7-18(8-10-19)23(29)26-12-14-27(15-13-26)32(30,31)21-16-25-22-20(21)6-5-11-24-22/h5-11,16-17H,4,12-15H2,1-3H3,(H,24,25). The zero-order chi connectivity index (χ0) is 22.9. The van der Waals surface area contributed by atoms with Gasteiger partial charge in [-0.25, -0.2) is 13.4 Å². The van der Waals surface area contributed by atoms with E-state index in [2.05, 4.69) is 35.6 Å². The molecule has 1 fully saturated rings. The minimum absolute atomic E-state index is 0.0718. The predicted octanol–water partition coefficient (Wildman–Crippen LogP) is 2.94. The zero-order valence-electron chi connectivity index (χ0n) is 18.7. The molecule has 1 N–H and O–H groups in total. The second-order valence-electron chi connectivity index (χ2n) is 8.18. The molecule has 0 spiro atoms. The van der Waals surface area contributed by atoms with E-state index >= 15 is 0 Å². The second kappa shape index (κ2) is 8.91. The summed E-state index contributed by atoms with van der Waals surface area (Å²) in [4.78, 5) is 24.3. The number of anilines is 1. The lowest BCUT2D eigenvalue weighted by Crippen LogP contribution is -2.50. The van der Waals surface area contributed by atoms with E-state index in [1.54, 1.807) is 23.2 Å². The van der Waals surface area contributed by atoms with Crippen molar-refractivity contribution < 1.29 is 13.2 Å². The van der Waals surface area contributed by atoms with Crippen LogP contribution >= 0.6 is 0 Å². The van der Waals surface area contributed by atoms with Gasteiger partial charge in [0.15, 0.2) is 0 Å². The normalized spacial score (nSPS) is 15.4. The van der Waals surface area contributed by atoms with E-state index in [9.17, 15) is 13.2 Å². The fraction of sp³-hybridized carbons (Fsp3) is 0.391. The molecule has 4 rings (SSSR count). The molecule has 0 saturated carbocycles. The van der Waals surface area contributed by atoms with Gasteiger partial charge in [-0.15, -0.1) is 0 Å². The molecule has 1 aliphatic heterocycles. The van der Waals surface area contributed by atoms with E-state index in [0.717, 1.165) is 12.2 Å². The van der Waals surface area contributed by atoms with Gasteiger partial charge in [-0.1, -0.05) is 0 Å². The fourth-order valence-corrected chi connectivity index (χ4v) is 5.81. The third kappa shape index (κ3) is 4.10. The molecule has 0 bridgehead atoms. The largest absolute Gasteiger partial charge is 0.369 e. The topological polar surface area (TPSA) is 89.6 Å². The number of benzene rings is 1. The van der Waals surface area contributed by atoms with Crippen LogP contribution in [0.2, 0.25) is 0 Å². The highest BCUT2D eigenvalue weighted by molar-refractivity contribution is 7.89. The Morgan fingerprint density at radius 3 is 2.44 bits per heavy atom. The number of hydrogen-bond acceptors (Lipinski definition) is 5. The van der Waals surface area contributed by atoms with Crippen LogP contribution in [-0.4, -0.2) is 72.3 Å². The first-order valence-electron chi connectivity index (χ1n) is 10.9. The van der Waals surface area contributed by atoms with Gasteiger partial charge in [-0.2, -0.15) is 4.31 Å². The Labute approximate surface area is 188 Å². The lowest BCUT2D eigenvalue weighted by atomic mass is 10.1. The molecule has 1 aromatic carbocycles. The van der Waals surface area contributed by atoms with Crippen LogP contribution in [0.3, 0.4) is 0 Å². The van der Waals surface area contributed by atoms with Crippen LogP contribution in [0.4, 0.5) is 5.69 Å². The van der Waals surface area contributed by atoms with Crippen molar-refractivity contribution in [2.45, 2.75) is 31.7 Å². The highest BCUT2D eigenvalue weighted by Gasteiger charge is 2.32. The number of carbonyl (C=O) groups is 1. The van der Waals surface area contributed by atoms with Gasteiger partial charge in [0, 0.05) is 67.8 Å². The van der Waals surface area contributed by atoms with Gasteiger partial charge in [0.25, 0.3) is 5.91 Å². The predicted molar refractivity (Wildman–Crippen MR) is 125 cm³/mol. The quantitative estimate of drug-likeness (QED) is 0.617. The summed E-state index contributed by atoms with van der Waals surface area (Å²) in [6, 6.07) is 11.5. The maximum absolute atomic E-state index is 13.2. The van der Waals surface area contributed by atoms with Gasteiger partial charge >= 0.3 is 0 Å². The average Bonchev–Trinajstić information content (AvgIpc) is 3.24. The molecular formula is C23H29N5O3S. The molecule has 9 heteroatoms. The van der Waals surface area contributed by atoms with Crippen molar-refractivity contribution in [3.05, 3.63) is 54.4 Å².